The van der Waals surface area contributed by atoms with Crippen molar-refractivity contribution in [2.45, 2.75) is 25.0 Å². The van der Waals surface area contributed by atoms with Crippen LogP contribution in [0.15, 0.2) is 25.3 Å². The molecule has 2 fully saturated rings. The number of ether oxygens (including phenoxy) is 12. The first-order valence-corrected chi connectivity index (χ1v) is 23.2. The van der Waals surface area contributed by atoms with Gasteiger partial charge in [0.15, 0.2) is 0 Å². The number of carbonyl (C=O) groups excluding carboxylic acids is 4. The minimum absolute atomic E-state index is 0.144. The van der Waals surface area contributed by atoms with Crippen LogP contribution in [0, 0.1) is 0 Å². The highest BCUT2D eigenvalue weighted by Crippen LogP contribution is 2.02. The van der Waals surface area contributed by atoms with E-state index >= 15 is 0 Å². The highest BCUT2D eigenvalue weighted by atomic mass is 16.6. The molecule has 4 N–H and O–H groups in total. The van der Waals surface area contributed by atoms with Crippen LogP contribution < -0.4 is 21.3 Å². The Bertz CT molecular complexity index is 1130. The Balaban J connectivity index is 1.94. The van der Waals surface area contributed by atoms with E-state index in [2.05, 4.69) is 34.4 Å². The maximum atomic E-state index is 13.7. The maximum Gasteiger partial charge on any atom is 0.243 e. The van der Waals surface area contributed by atoms with Crippen molar-refractivity contribution >= 4 is 23.6 Å². The van der Waals surface area contributed by atoms with Gasteiger partial charge in [-0.2, -0.15) is 0 Å². The molecule has 0 radical (unpaired) electrons. The van der Waals surface area contributed by atoms with Crippen LogP contribution in [-0.2, 0) is 76.0 Å². The molecule has 66 heavy (non-hydrogen) atoms. The quantitative estimate of drug-likeness (QED) is 0.0732. The van der Waals surface area contributed by atoms with Crippen LogP contribution in [0.1, 0.15) is 12.8 Å². The minimum atomic E-state index is -0.364. The second-order valence-corrected chi connectivity index (χ2v) is 14.7. The molecule has 0 aliphatic carbocycles. The van der Waals surface area contributed by atoms with Crippen molar-refractivity contribution in [3.8, 4) is 0 Å². The second kappa shape index (κ2) is 43.1. The molecule has 0 saturated carbocycles. The van der Waals surface area contributed by atoms with Gasteiger partial charge in [0.2, 0.25) is 23.6 Å². The van der Waals surface area contributed by atoms with Crippen molar-refractivity contribution in [3.05, 3.63) is 25.3 Å². The largest absolute Gasteiger partial charge is 0.377 e. The summed E-state index contributed by atoms with van der Waals surface area (Å²) in [4.78, 5) is 54.4. The minimum Gasteiger partial charge on any atom is -0.377 e. The van der Waals surface area contributed by atoms with Crippen LogP contribution >= 0.6 is 0 Å². The summed E-state index contributed by atoms with van der Waals surface area (Å²) >= 11 is 0. The van der Waals surface area contributed by atoms with E-state index in [1.54, 1.807) is 9.80 Å². The summed E-state index contributed by atoms with van der Waals surface area (Å²) in [7, 11) is 0. The van der Waals surface area contributed by atoms with Gasteiger partial charge in [0.05, 0.1) is 158 Å². The molecule has 2 atom stereocenters. The summed E-state index contributed by atoms with van der Waals surface area (Å²) in [5, 5.41) is 12.0. The highest BCUT2D eigenvalue weighted by molar-refractivity contribution is 5.87. The fourth-order valence-corrected chi connectivity index (χ4v) is 6.04. The summed E-state index contributed by atoms with van der Waals surface area (Å²) in [6, 6.07) is 0. The summed E-state index contributed by atoms with van der Waals surface area (Å²) in [6.45, 7) is 19.0. The lowest BCUT2D eigenvalue weighted by atomic mass is 10.3. The third-order valence-corrected chi connectivity index (χ3v) is 9.60. The monoisotopic (exact) mass is 949 g/mol. The number of nitrogens with one attached hydrogen (secondary N) is 4. The van der Waals surface area contributed by atoms with Crippen LogP contribution in [0.4, 0.5) is 0 Å². The van der Waals surface area contributed by atoms with Gasteiger partial charge in [-0.3, -0.25) is 19.2 Å². The Morgan fingerprint density at radius 2 is 0.697 bits per heavy atom. The SMILES string of the molecule is C=CC(=O)NCCN(CCN(CCNC(=O)C=C)C(=O)CCNCC1COCCOCCOCCOCCOCCO1)C(=O)CCNCC1COCCOCCOCCOCCOCCO1. The molecule has 2 aliphatic rings. The van der Waals surface area contributed by atoms with Gasteiger partial charge >= 0.3 is 0 Å². The van der Waals surface area contributed by atoms with Crippen molar-refractivity contribution in [1.82, 2.24) is 31.1 Å². The van der Waals surface area contributed by atoms with Gasteiger partial charge in [-0.25, -0.2) is 0 Å². The molecule has 0 bridgehead atoms. The molecule has 2 heterocycles. The van der Waals surface area contributed by atoms with Crippen molar-refractivity contribution in [1.29, 1.82) is 0 Å². The summed E-state index contributed by atoms with van der Waals surface area (Å²) in [5.41, 5.74) is 0. The Labute approximate surface area is 391 Å². The van der Waals surface area contributed by atoms with Gasteiger partial charge in [-0.1, -0.05) is 13.2 Å². The standard InChI is InChI=1S/C44H80N6O16/c1-3-41(51)47-9-11-49(43(53)5-7-45-35-39-37-63-29-27-59-21-19-55-15-17-57-23-25-61-31-33-65-39)13-14-50(12-10-48-42(52)4-2)44(54)6-8-46-36-40-38-64-30-28-60-22-20-56-16-18-58-24-26-62-32-34-66-40/h3-4,39-40,45-46H,1-2,5-38H2,(H,47,51)(H,48,52). The molecule has 0 aromatic carbocycles. The van der Waals surface area contributed by atoms with Gasteiger partial charge in [0.25, 0.3) is 0 Å². The summed E-state index contributed by atoms with van der Waals surface area (Å²) < 4.78 is 68.0. The first-order valence-electron chi connectivity index (χ1n) is 23.2. The van der Waals surface area contributed by atoms with Crippen molar-refractivity contribution in [2.24, 2.45) is 0 Å². The number of hydrogen-bond donors (Lipinski definition) is 4. The van der Waals surface area contributed by atoms with E-state index in [0.29, 0.717) is 172 Å². The third-order valence-electron chi connectivity index (χ3n) is 9.60. The molecule has 2 unspecified atom stereocenters. The average Bonchev–Trinajstić information content (AvgIpc) is 3.32. The predicted octanol–water partition coefficient (Wildman–Crippen LogP) is -1.83. The number of amides is 4. The van der Waals surface area contributed by atoms with E-state index in [1.165, 1.54) is 0 Å². The lowest BCUT2D eigenvalue weighted by molar-refractivity contribution is -0.135. The zero-order chi connectivity index (χ0) is 47.4. The van der Waals surface area contributed by atoms with E-state index in [0.717, 1.165) is 12.2 Å². The molecular weight excluding hydrogens is 869 g/mol. The maximum absolute atomic E-state index is 13.7. The lowest BCUT2D eigenvalue weighted by Gasteiger charge is -2.29. The molecule has 382 valence electrons. The van der Waals surface area contributed by atoms with E-state index in [4.69, 9.17) is 56.8 Å². The molecule has 22 heteroatoms. The second-order valence-electron chi connectivity index (χ2n) is 14.7. The lowest BCUT2D eigenvalue weighted by Crippen LogP contribution is -2.46. The van der Waals surface area contributed by atoms with E-state index in [-0.39, 0.29) is 87.9 Å². The topological polar surface area (TPSA) is 234 Å². The summed E-state index contributed by atoms with van der Waals surface area (Å²) in [6.07, 6.45) is 2.00. The molecule has 2 rings (SSSR count). The molecule has 0 aromatic heterocycles. The summed E-state index contributed by atoms with van der Waals surface area (Å²) in [5.74, 6) is -1.08. The Morgan fingerprint density at radius 1 is 0.409 bits per heavy atom. The third kappa shape index (κ3) is 34.1. The Kier molecular flexibility index (Phi) is 38.5. The average molecular weight is 949 g/mol. The zero-order valence-electron chi connectivity index (χ0n) is 39.2. The zero-order valence-corrected chi connectivity index (χ0v) is 39.2. The van der Waals surface area contributed by atoms with Crippen molar-refractivity contribution in [2.75, 3.05) is 211 Å². The van der Waals surface area contributed by atoms with Gasteiger partial charge < -0.3 is 87.9 Å². The van der Waals surface area contributed by atoms with Crippen LogP contribution in [-0.4, -0.2) is 256 Å². The molecule has 4 amide bonds. The molecule has 2 saturated heterocycles. The van der Waals surface area contributed by atoms with Crippen LogP contribution in [0.25, 0.3) is 0 Å². The smallest absolute Gasteiger partial charge is 0.243 e. The van der Waals surface area contributed by atoms with Gasteiger partial charge in [-0.15, -0.1) is 0 Å². The van der Waals surface area contributed by atoms with Crippen molar-refractivity contribution < 1.29 is 76.0 Å². The number of hydrogen-bond acceptors (Lipinski definition) is 18. The normalized spacial score (nSPS) is 20.5. The van der Waals surface area contributed by atoms with Crippen LogP contribution in [0.2, 0.25) is 0 Å². The van der Waals surface area contributed by atoms with E-state index < -0.39 is 0 Å². The highest BCUT2D eigenvalue weighted by Gasteiger charge is 2.20. The molecule has 22 nitrogen and oxygen atoms in total. The fourth-order valence-electron chi connectivity index (χ4n) is 6.04. The molecule has 2 aliphatic heterocycles. The van der Waals surface area contributed by atoms with Crippen LogP contribution in [0.3, 0.4) is 0 Å². The van der Waals surface area contributed by atoms with Gasteiger partial charge in [0, 0.05) is 78.3 Å². The number of nitrogens with zero attached hydrogens (tertiary/aromatic N) is 2. The molecular formula is C44H80N6O16. The Morgan fingerprint density at radius 3 is 1.00 bits per heavy atom. The van der Waals surface area contributed by atoms with Gasteiger partial charge in [-0.05, 0) is 12.2 Å². The fraction of sp³-hybridized carbons (Fsp3) is 0.818. The van der Waals surface area contributed by atoms with E-state index in [1.807, 2.05) is 0 Å². The first-order chi connectivity index (χ1) is 32.4. The number of rotatable bonds is 21. The van der Waals surface area contributed by atoms with Gasteiger partial charge in [0.1, 0.15) is 0 Å². The van der Waals surface area contributed by atoms with E-state index in [9.17, 15) is 19.2 Å². The van der Waals surface area contributed by atoms with Crippen molar-refractivity contribution in [3.63, 3.8) is 0 Å². The molecule has 0 aromatic rings. The molecule has 0 spiro atoms. The number of carbonyl (C=O) groups is 4. The first kappa shape index (κ1) is 58.9. The van der Waals surface area contributed by atoms with Crippen LogP contribution in [0.5, 0.6) is 0 Å². The Hall–Kier alpha value is -3.20. The predicted molar refractivity (Wildman–Crippen MR) is 242 cm³/mol.